The van der Waals surface area contributed by atoms with Crippen LogP contribution >= 0.6 is 23.8 Å². The first-order chi connectivity index (χ1) is 11.7. The molecule has 146 valence electrons. The number of hydrogen-bond donors (Lipinski definition) is 2. The number of anilines is 1. The third kappa shape index (κ3) is 4.92. The summed E-state index contributed by atoms with van der Waals surface area (Å²) in [4.78, 5) is 11.4. The maximum absolute atomic E-state index is 12.7. The Hall–Kier alpha value is -1.27. The minimum Gasteiger partial charge on any atom is -0.373 e. The molecule has 0 aliphatic carbocycles. The van der Waals surface area contributed by atoms with Crippen LogP contribution in [-0.4, -0.2) is 54.5 Å². The zero-order valence-electron chi connectivity index (χ0n) is 13.7. The van der Waals surface area contributed by atoms with Gasteiger partial charge in [0.2, 0.25) is 15.6 Å². The van der Waals surface area contributed by atoms with Crippen LogP contribution in [0.15, 0.2) is 23.1 Å². The number of carbonyl (C=O) groups is 1. The first-order valence-corrected chi connectivity index (χ1v) is 9.34. The average Bonchev–Trinajstić information content (AvgIpc) is 2.52. The van der Waals surface area contributed by atoms with Gasteiger partial charge in [0, 0.05) is 13.6 Å². The van der Waals surface area contributed by atoms with Gasteiger partial charge in [-0.2, -0.15) is 13.2 Å². The number of carbonyl (C=O) groups excluding carboxylic acids is 1. The molecule has 0 saturated carbocycles. The minimum atomic E-state index is -5.20. The molecule has 0 heterocycles. The van der Waals surface area contributed by atoms with Crippen molar-refractivity contribution in [1.29, 1.82) is 0 Å². The van der Waals surface area contributed by atoms with Crippen LogP contribution in [0.2, 0.25) is 5.02 Å². The lowest BCUT2D eigenvalue weighted by atomic mass is 10.1. The smallest absolute Gasteiger partial charge is 0.373 e. The van der Waals surface area contributed by atoms with E-state index < -0.39 is 27.7 Å². The zero-order chi connectivity index (χ0) is 20.3. The number of alkyl halides is 3. The van der Waals surface area contributed by atoms with Crippen molar-refractivity contribution in [3.05, 3.63) is 23.2 Å². The van der Waals surface area contributed by atoms with Crippen molar-refractivity contribution < 1.29 is 31.5 Å². The zero-order valence-corrected chi connectivity index (χ0v) is 16.1. The topological polar surface area (TPSA) is 86.7 Å². The molecule has 0 bridgehead atoms. The quantitative estimate of drug-likeness (QED) is 0.647. The van der Waals surface area contributed by atoms with Crippen molar-refractivity contribution in [3.63, 3.8) is 0 Å². The van der Waals surface area contributed by atoms with Crippen LogP contribution in [-0.2, 0) is 14.8 Å². The average molecular weight is 433 g/mol. The molecular formula is C14H16ClF3N2O4S2. The SMILES string of the molecule is CN(CCC=S)S(=O)(=O)c1ccc(NC(=O)[C@@](C)(O)C(F)(F)F)c(Cl)c1. The fraction of sp³-hybridized carbons (Fsp3) is 0.429. The van der Waals surface area contributed by atoms with Crippen molar-refractivity contribution in [3.8, 4) is 0 Å². The van der Waals surface area contributed by atoms with Crippen LogP contribution in [0, 0.1) is 0 Å². The molecule has 1 rings (SSSR count). The number of nitrogens with zero attached hydrogens (tertiary/aromatic N) is 1. The largest absolute Gasteiger partial charge is 0.426 e. The predicted molar refractivity (Wildman–Crippen MR) is 94.8 cm³/mol. The number of benzene rings is 1. The highest BCUT2D eigenvalue weighted by atomic mass is 35.5. The van der Waals surface area contributed by atoms with Gasteiger partial charge in [-0.05, 0) is 36.9 Å². The molecule has 0 aromatic heterocycles. The fourth-order valence-corrected chi connectivity index (χ4v) is 3.28. The minimum absolute atomic E-state index is 0.135. The molecule has 1 aromatic rings. The molecule has 1 aromatic carbocycles. The monoisotopic (exact) mass is 432 g/mol. The lowest BCUT2D eigenvalue weighted by Crippen LogP contribution is -2.52. The van der Waals surface area contributed by atoms with E-state index in [-0.39, 0.29) is 22.2 Å². The summed E-state index contributed by atoms with van der Waals surface area (Å²) in [7, 11) is -2.56. The fourth-order valence-electron chi connectivity index (χ4n) is 1.67. The van der Waals surface area contributed by atoms with E-state index >= 15 is 0 Å². The Labute approximate surface area is 159 Å². The van der Waals surface area contributed by atoms with Crippen LogP contribution < -0.4 is 5.32 Å². The van der Waals surface area contributed by atoms with Crippen molar-refractivity contribution in [2.45, 2.75) is 30.0 Å². The highest BCUT2D eigenvalue weighted by Gasteiger charge is 2.55. The number of aliphatic hydroxyl groups is 1. The van der Waals surface area contributed by atoms with Crippen molar-refractivity contribution in [2.75, 3.05) is 18.9 Å². The Bertz CT molecular complexity index is 798. The van der Waals surface area contributed by atoms with Gasteiger partial charge in [-0.1, -0.05) is 23.8 Å². The van der Waals surface area contributed by atoms with Crippen molar-refractivity contribution in [1.82, 2.24) is 4.31 Å². The maximum Gasteiger partial charge on any atom is 0.426 e. The number of hydrogen-bond acceptors (Lipinski definition) is 5. The summed E-state index contributed by atoms with van der Waals surface area (Å²) in [6.45, 7) is 0.427. The van der Waals surface area contributed by atoms with Gasteiger partial charge in [-0.3, -0.25) is 4.79 Å². The first-order valence-electron chi connectivity index (χ1n) is 7.05. The molecule has 12 heteroatoms. The predicted octanol–water partition coefficient (Wildman–Crippen LogP) is 2.60. The Balaban J connectivity index is 3.08. The molecule has 0 radical (unpaired) electrons. The van der Waals surface area contributed by atoms with E-state index in [1.165, 1.54) is 12.4 Å². The highest BCUT2D eigenvalue weighted by Crippen LogP contribution is 2.33. The van der Waals surface area contributed by atoms with E-state index in [1.54, 1.807) is 0 Å². The molecular weight excluding hydrogens is 417 g/mol. The van der Waals surface area contributed by atoms with E-state index in [0.717, 1.165) is 22.5 Å². The van der Waals surface area contributed by atoms with E-state index in [9.17, 15) is 31.5 Å². The van der Waals surface area contributed by atoms with Gasteiger partial charge < -0.3 is 10.4 Å². The maximum atomic E-state index is 12.7. The van der Waals surface area contributed by atoms with E-state index in [4.69, 9.17) is 11.6 Å². The number of amides is 1. The summed E-state index contributed by atoms with van der Waals surface area (Å²) < 4.78 is 63.7. The number of thiocarbonyl (C=S) groups is 1. The second kappa shape index (κ2) is 8.17. The van der Waals surface area contributed by atoms with Crippen LogP contribution in [0.3, 0.4) is 0 Å². The molecule has 0 spiro atoms. The second-order valence-corrected chi connectivity index (χ2v) is 8.23. The van der Waals surface area contributed by atoms with Crippen LogP contribution in [0.1, 0.15) is 13.3 Å². The Morgan fingerprint density at radius 3 is 2.46 bits per heavy atom. The highest BCUT2D eigenvalue weighted by molar-refractivity contribution is 7.89. The summed E-state index contributed by atoms with van der Waals surface area (Å²) in [6, 6.07) is 3.10. The molecule has 0 fully saturated rings. The van der Waals surface area contributed by atoms with Gasteiger partial charge in [0.25, 0.3) is 5.91 Å². The van der Waals surface area contributed by atoms with Crippen LogP contribution in [0.25, 0.3) is 0 Å². The molecule has 1 amide bonds. The lowest BCUT2D eigenvalue weighted by Gasteiger charge is -2.25. The Morgan fingerprint density at radius 1 is 1.42 bits per heavy atom. The van der Waals surface area contributed by atoms with Crippen molar-refractivity contribution >= 4 is 50.8 Å². The summed E-state index contributed by atoms with van der Waals surface area (Å²) >= 11 is 10.5. The normalized spacial score (nSPS) is 14.8. The van der Waals surface area contributed by atoms with Gasteiger partial charge in [-0.15, -0.1) is 0 Å². The Morgan fingerprint density at radius 2 is 2.00 bits per heavy atom. The summed E-state index contributed by atoms with van der Waals surface area (Å²) in [5.74, 6) is -1.75. The van der Waals surface area contributed by atoms with Gasteiger partial charge in [-0.25, -0.2) is 12.7 Å². The summed E-state index contributed by atoms with van der Waals surface area (Å²) in [5.41, 5.74) is -3.91. The standard InChI is InChI=1S/C14H16ClF3N2O4S2/c1-13(22,14(16,17)18)12(21)19-11-5-4-9(8-10(11)15)26(23,24)20(2)6-3-7-25/h4-5,7-8,22H,3,6H2,1-2H3,(H,19,21)/t13-/m1/s1. The van der Waals surface area contributed by atoms with E-state index in [0.29, 0.717) is 13.3 Å². The number of halogens is 4. The summed E-state index contributed by atoms with van der Waals surface area (Å²) in [6.07, 6.45) is -4.85. The molecule has 0 unspecified atom stereocenters. The van der Waals surface area contributed by atoms with E-state index in [1.807, 2.05) is 5.32 Å². The number of sulfonamides is 1. The van der Waals surface area contributed by atoms with Crippen LogP contribution in [0.4, 0.5) is 18.9 Å². The van der Waals surface area contributed by atoms with Gasteiger partial charge in [0.1, 0.15) is 0 Å². The number of rotatable bonds is 7. The van der Waals surface area contributed by atoms with E-state index in [2.05, 4.69) is 12.2 Å². The lowest BCUT2D eigenvalue weighted by molar-refractivity contribution is -0.242. The molecule has 26 heavy (non-hydrogen) atoms. The molecule has 0 aliphatic rings. The molecule has 6 nitrogen and oxygen atoms in total. The first kappa shape index (κ1) is 22.8. The second-order valence-electron chi connectivity index (χ2n) is 5.45. The third-order valence-corrected chi connectivity index (χ3v) is 5.85. The van der Waals surface area contributed by atoms with Crippen LogP contribution in [0.5, 0.6) is 0 Å². The molecule has 0 aliphatic heterocycles. The van der Waals surface area contributed by atoms with Crippen molar-refractivity contribution in [2.24, 2.45) is 0 Å². The van der Waals surface area contributed by atoms with Gasteiger partial charge in [0.15, 0.2) is 0 Å². The Kier molecular flexibility index (Phi) is 7.16. The summed E-state index contributed by atoms with van der Waals surface area (Å²) in [5, 5.41) is 12.2. The molecule has 2 N–H and O–H groups in total. The number of nitrogens with one attached hydrogen (secondary N) is 1. The third-order valence-electron chi connectivity index (χ3n) is 3.45. The molecule has 0 saturated heterocycles. The van der Waals surface area contributed by atoms with Gasteiger partial charge >= 0.3 is 6.18 Å². The molecule has 1 atom stereocenters. The van der Waals surface area contributed by atoms with Gasteiger partial charge in [0.05, 0.1) is 15.6 Å².